The molecule has 3 nitrogen and oxygen atoms in total. The van der Waals surface area contributed by atoms with Crippen LogP contribution in [-0.2, 0) is 16.1 Å². The molecule has 1 fully saturated rings. The van der Waals surface area contributed by atoms with Crippen LogP contribution in [0.3, 0.4) is 0 Å². The quantitative estimate of drug-likeness (QED) is 0.458. The molecule has 0 bridgehead atoms. The van der Waals surface area contributed by atoms with Crippen LogP contribution in [0.1, 0.15) is 17.2 Å². The first-order valence-electron chi connectivity index (χ1n) is 5.72. The molecule has 0 aromatic heterocycles. The van der Waals surface area contributed by atoms with Gasteiger partial charge < -0.3 is 0 Å². The Morgan fingerprint density at radius 1 is 1.47 bits per heavy atom. The Morgan fingerprint density at radius 3 is 2.94 bits per heavy atom. The van der Waals surface area contributed by atoms with Crippen molar-refractivity contribution in [1.29, 1.82) is 0 Å². The second-order valence-corrected chi connectivity index (χ2v) is 5.84. The number of ketones is 1. The monoisotopic (exact) mass is 247 g/mol. The number of nitrogens with zero attached hydrogens (tertiary/aromatic N) is 1. The smallest absolute Gasteiger partial charge is 0.216 e. The molecule has 0 aliphatic carbocycles. The van der Waals surface area contributed by atoms with Crippen molar-refractivity contribution in [1.82, 2.24) is 4.90 Å². The van der Waals surface area contributed by atoms with E-state index in [4.69, 9.17) is 0 Å². The number of thioether (sulfide) groups is 1. The molecule has 4 heteroatoms. The van der Waals surface area contributed by atoms with E-state index in [9.17, 15) is 9.59 Å². The van der Waals surface area contributed by atoms with E-state index in [1.165, 1.54) is 11.3 Å². The van der Waals surface area contributed by atoms with Crippen LogP contribution in [0, 0.1) is 0 Å². The summed E-state index contributed by atoms with van der Waals surface area (Å²) in [6.07, 6.45) is 0.458. The molecule has 1 aromatic carbocycles. The normalized spacial score (nSPS) is 26.6. The van der Waals surface area contributed by atoms with Gasteiger partial charge in [-0.1, -0.05) is 24.3 Å². The molecule has 17 heavy (non-hydrogen) atoms. The maximum atomic E-state index is 11.8. The van der Waals surface area contributed by atoms with E-state index in [1.807, 2.05) is 36.0 Å². The Labute approximate surface area is 104 Å². The topological polar surface area (TPSA) is 37.4 Å². The van der Waals surface area contributed by atoms with Crippen molar-refractivity contribution in [3.05, 3.63) is 35.4 Å². The summed E-state index contributed by atoms with van der Waals surface area (Å²) in [6, 6.07) is 7.57. The van der Waals surface area contributed by atoms with Gasteiger partial charge in [0.25, 0.3) is 0 Å². The molecule has 0 saturated carbocycles. The molecule has 1 saturated heterocycles. The van der Waals surface area contributed by atoms with Crippen LogP contribution in [0.25, 0.3) is 0 Å². The van der Waals surface area contributed by atoms with Crippen molar-refractivity contribution < 1.29 is 9.59 Å². The van der Waals surface area contributed by atoms with Gasteiger partial charge in [0.2, 0.25) is 5.78 Å². The number of aldehydes is 1. The van der Waals surface area contributed by atoms with Gasteiger partial charge in [0, 0.05) is 24.1 Å². The second-order valence-electron chi connectivity index (χ2n) is 4.51. The Hall–Kier alpha value is -1.13. The Balaban J connectivity index is 1.91. The summed E-state index contributed by atoms with van der Waals surface area (Å²) < 4.78 is 0. The van der Waals surface area contributed by atoms with E-state index in [0.717, 1.165) is 18.7 Å². The average Bonchev–Trinajstić information content (AvgIpc) is 3.08. The van der Waals surface area contributed by atoms with Gasteiger partial charge in [-0.3, -0.25) is 14.5 Å². The standard InChI is InChI=1S/C13H13NO2S/c15-7-12(16)13-11-4-2-1-3-9(11)5-14(13)6-10-8-17-10/h1-4,7,10,13H,5-6,8H2. The van der Waals surface area contributed by atoms with Gasteiger partial charge in [-0.25, -0.2) is 0 Å². The number of hydrogen-bond donors (Lipinski definition) is 0. The molecule has 2 unspecified atom stereocenters. The zero-order chi connectivity index (χ0) is 11.8. The van der Waals surface area contributed by atoms with E-state index < -0.39 is 0 Å². The summed E-state index contributed by atoms with van der Waals surface area (Å²) in [4.78, 5) is 24.7. The van der Waals surface area contributed by atoms with Crippen LogP contribution in [0.4, 0.5) is 0 Å². The first-order chi connectivity index (χ1) is 8.29. The van der Waals surface area contributed by atoms with Gasteiger partial charge in [0.1, 0.15) is 6.04 Å². The lowest BCUT2D eigenvalue weighted by Crippen LogP contribution is -2.31. The zero-order valence-corrected chi connectivity index (χ0v) is 10.2. The number of hydrogen-bond acceptors (Lipinski definition) is 4. The molecular weight excluding hydrogens is 234 g/mol. The van der Waals surface area contributed by atoms with Crippen LogP contribution < -0.4 is 0 Å². The lowest BCUT2D eigenvalue weighted by Gasteiger charge is -2.21. The highest BCUT2D eigenvalue weighted by Crippen LogP contribution is 2.38. The van der Waals surface area contributed by atoms with Crippen molar-refractivity contribution in [2.24, 2.45) is 0 Å². The summed E-state index contributed by atoms with van der Waals surface area (Å²) in [5.41, 5.74) is 2.19. The van der Waals surface area contributed by atoms with Crippen LogP contribution in [0.5, 0.6) is 0 Å². The maximum absolute atomic E-state index is 11.8. The molecular formula is C13H13NO2S. The fourth-order valence-corrected chi connectivity index (χ4v) is 2.99. The van der Waals surface area contributed by atoms with Crippen molar-refractivity contribution >= 4 is 23.8 Å². The molecule has 2 aliphatic heterocycles. The number of Topliss-reactive ketones (excluding diaryl/α,β-unsaturated/α-hetero) is 1. The van der Waals surface area contributed by atoms with Gasteiger partial charge in [-0.15, -0.1) is 0 Å². The van der Waals surface area contributed by atoms with Gasteiger partial charge in [0.05, 0.1) is 0 Å². The van der Waals surface area contributed by atoms with Crippen molar-refractivity contribution in [2.45, 2.75) is 17.8 Å². The Bertz CT molecular complexity index is 470. The van der Waals surface area contributed by atoms with Crippen LogP contribution in [0.2, 0.25) is 0 Å². The number of rotatable bonds is 4. The molecule has 0 N–H and O–H groups in total. The van der Waals surface area contributed by atoms with Gasteiger partial charge in [0.15, 0.2) is 6.29 Å². The highest BCUT2D eigenvalue weighted by atomic mass is 32.2. The van der Waals surface area contributed by atoms with Gasteiger partial charge in [-0.2, -0.15) is 11.8 Å². The fourth-order valence-electron chi connectivity index (χ4n) is 2.45. The summed E-state index contributed by atoms with van der Waals surface area (Å²) in [5.74, 6) is 0.857. The average molecular weight is 247 g/mol. The van der Waals surface area contributed by atoms with E-state index in [1.54, 1.807) is 0 Å². The van der Waals surface area contributed by atoms with E-state index >= 15 is 0 Å². The zero-order valence-electron chi connectivity index (χ0n) is 9.33. The fraction of sp³-hybridized carbons (Fsp3) is 0.385. The largest absolute Gasteiger partial charge is 0.295 e. The molecule has 3 rings (SSSR count). The van der Waals surface area contributed by atoms with E-state index in [2.05, 4.69) is 4.90 Å². The summed E-state index contributed by atoms with van der Waals surface area (Å²) in [6.45, 7) is 1.70. The number of fused-ring (bicyclic) bond motifs is 1. The minimum absolute atomic E-state index is 0.319. The molecule has 2 aliphatic rings. The van der Waals surface area contributed by atoms with Crippen molar-refractivity contribution in [2.75, 3.05) is 12.3 Å². The Morgan fingerprint density at radius 2 is 2.24 bits per heavy atom. The van der Waals surface area contributed by atoms with Crippen LogP contribution in [0.15, 0.2) is 24.3 Å². The molecule has 88 valence electrons. The van der Waals surface area contributed by atoms with Gasteiger partial charge in [-0.05, 0) is 11.1 Å². The maximum Gasteiger partial charge on any atom is 0.216 e. The highest BCUT2D eigenvalue weighted by molar-refractivity contribution is 8.06. The second kappa shape index (κ2) is 4.27. The lowest BCUT2D eigenvalue weighted by atomic mass is 10.0. The minimum Gasteiger partial charge on any atom is -0.295 e. The van der Waals surface area contributed by atoms with Crippen LogP contribution >= 0.6 is 11.8 Å². The van der Waals surface area contributed by atoms with Crippen molar-refractivity contribution in [3.8, 4) is 0 Å². The predicted octanol–water partition coefficient (Wildman–Crippen LogP) is 1.43. The number of carbonyl (C=O) groups excluding carboxylic acids is 2. The van der Waals surface area contributed by atoms with Crippen LogP contribution in [-0.4, -0.2) is 34.5 Å². The molecule has 2 atom stereocenters. The molecule has 0 radical (unpaired) electrons. The summed E-state index contributed by atoms with van der Waals surface area (Å²) in [5, 5.41) is 0.645. The highest BCUT2D eigenvalue weighted by Gasteiger charge is 2.38. The summed E-state index contributed by atoms with van der Waals surface area (Å²) >= 11 is 1.91. The third-order valence-corrected chi connectivity index (χ3v) is 4.27. The Kier molecular flexibility index (Phi) is 2.76. The molecule has 2 heterocycles. The molecule has 1 aromatic rings. The van der Waals surface area contributed by atoms with E-state index in [-0.39, 0.29) is 11.8 Å². The summed E-state index contributed by atoms with van der Waals surface area (Å²) in [7, 11) is 0. The first-order valence-corrected chi connectivity index (χ1v) is 6.77. The van der Waals surface area contributed by atoms with Crippen molar-refractivity contribution in [3.63, 3.8) is 0 Å². The lowest BCUT2D eigenvalue weighted by molar-refractivity contribution is -0.133. The minimum atomic E-state index is -0.343. The third kappa shape index (κ3) is 2.03. The SMILES string of the molecule is O=CC(=O)C1c2ccccc2CN1CC1CS1. The molecule has 0 spiro atoms. The van der Waals surface area contributed by atoms with Gasteiger partial charge >= 0.3 is 0 Å². The number of benzene rings is 1. The molecule has 0 amide bonds. The first kappa shape index (κ1) is 11.0. The predicted molar refractivity (Wildman–Crippen MR) is 66.9 cm³/mol. The number of carbonyl (C=O) groups is 2. The third-order valence-electron chi connectivity index (χ3n) is 3.31. The van der Waals surface area contributed by atoms with E-state index in [0.29, 0.717) is 11.5 Å².